The van der Waals surface area contributed by atoms with Gasteiger partial charge in [0.05, 0.1) is 31.4 Å². The number of rotatable bonds is 5. The number of ether oxygens (including phenoxy) is 2. The third-order valence-corrected chi connectivity index (χ3v) is 5.55. The lowest BCUT2D eigenvalue weighted by Gasteiger charge is -2.26. The van der Waals surface area contributed by atoms with Gasteiger partial charge in [0.2, 0.25) is 0 Å². The number of carbonyl (C=O) groups is 2. The number of amides is 1. The summed E-state index contributed by atoms with van der Waals surface area (Å²) in [7, 11) is 2.91. The highest BCUT2D eigenvalue weighted by atomic mass is 19.1. The van der Waals surface area contributed by atoms with Crippen LogP contribution in [0.3, 0.4) is 0 Å². The summed E-state index contributed by atoms with van der Waals surface area (Å²) in [5.41, 5.74) is 1.78. The molecule has 1 aliphatic heterocycles. The molecule has 0 aromatic heterocycles. The molecule has 168 valence electrons. The normalized spacial score (nSPS) is 17.3. The van der Waals surface area contributed by atoms with E-state index in [1.807, 2.05) is 19.1 Å². The van der Waals surface area contributed by atoms with Crippen molar-refractivity contribution in [3.63, 3.8) is 0 Å². The number of Topliss-reactive ketones (excluding diaryl/α,β-unsaturated/α-hetero) is 1. The number of benzene rings is 3. The number of anilines is 1. The number of hydrogen-bond donors (Lipinski definition) is 1. The smallest absolute Gasteiger partial charge is 0.300 e. The molecular weight excluding hydrogens is 425 g/mol. The summed E-state index contributed by atoms with van der Waals surface area (Å²) in [5, 5.41) is 11.3. The molecule has 6 nitrogen and oxygen atoms in total. The molecule has 0 aliphatic carbocycles. The second-order valence-electron chi connectivity index (χ2n) is 7.63. The second kappa shape index (κ2) is 8.78. The molecule has 1 fully saturated rings. The molecule has 33 heavy (non-hydrogen) atoms. The van der Waals surface area contributed by atoms with Crippen molar-refractivity contribution < 1.29 is 28.6 Å². The molecular formula is C26H22FNO5. The number of nitrogens with zero attached hydrogens (tertiary/aromatic N) is 1. The van der Waals surface area contributed by atoms with Crippen LogP contribution in [0.4, 0.5) is 10.1 Å². The number of methoxy groups -OCH3 is 2. The summed E-state index contributed by atoms with van der Waals surface area (Å²) in [5.74, 6) is -1.97. The molecule has 1 heterocycles. The molecule has 1 amide bonds. The van der Waals surface area contributed by atoms with Gasteiger partial charge in [0.25, 0.3) is 11.7 Å². The van der Waals surface area contributed by atoms with Crippen molar-refractivity contribution in [2.24, 2.45) is 0 Å². The number of ketones is 1. The lowest BCUT2D eigenvalue weighted by molar-refractivity contribution is -0.132. The molecule has 0 radical (unpaired) electrons. The van der Waals surface area contributed by atoms with Crippen molar-refractivity contribution in [2.45, 2.75) is 13.0 Å². The molecule has 1 unspecified atom stereocenters. The Kier molecular flexibility index (Phi) is 5.87. The molecule has 0 saturated carbocycles. The maximum atomic E-state index is 14.0. The van der Waals surface area contributed by atoms with E-state index in [4.69, 9.17) is 9.47 Å². The van der Waals surface area contributed by atoms with Gasteiger partial charge in [-0.3, -0.25) is 14.5 Å². The van der Waals surface area contributed by atoms with Gasteiger partial charge in [0.1, 0.15) is 23.1 Å². The summed E-state index contributed by atoms with van der Waals surface area (Å²) in [6.07, 6.45) is 0. The van der Waals surface area contributed by atoms with Crippen molar-refractivity contribution in [2.75, 3.05) is 19.1 Å². The second-order valence-corrected chi connectivity index (χ2v) is 7.63. The monoisotopic (exact) mass is 447 g/mol. The Balaban J connectivity index is 2.00. The molecule has 7 heteroatoms. The number of halogens is 1. The highest BCUT2D eigenvalue weighted by molar-refractivity contribution is 6.51. The molecule has 1 N–H and O–H groups in total. The van der Waals surface area contributed by atoms with Crippen LogP contribution in [0, 0.1) is 12.7 Å². The van der Waals surface area contributed by atoms with Crippen molar-refractivity contribution >= 4 is 23.1 Å². The molecule has 0 bridgehead atoms. The van der Waals surface area contributed by atoms with E-state index >= 15 is 0 Å². The van der Waals surface area contributed by atoms with Crippen LogP contribution in [-0.4, -0.2) is 31.0 Å². The fraction of sp³-hybridized carbons (Fsp3) is 0.154. The van der Waals surface area contributed by atoms with Crippen LogP contribution in [0.5, 0.6) is 11.5 Å². The predicted molar refractivity (Wildman–Crippen MR) is 122 cm³/mol. The first kappa shape index (κ1) is 22.1. The summed E-state index contributed by atoms with van der Waals surface area (Å²) >= 11 is 0. The summed E-state index contributed by atoms with van der Waals surface area (Å²) in [4.78, 5) is 27.6. The van der Waals surface area contributed by atoms with Gasteiger partial charge >= 0.3 is 0 Å². The maximum absolute atomic E-state index is 14.0. The highest BCUT2D eigenvalue weighted by Crippen LogP contribution is 2.44. The van der Waals surface area contributed by atoms with Gasteiger partial charge in [-0.25, -0.2) is 4.39 Å². The standard InChI is InChI=1S/C26H22FNO5/c1-15-6-4-7-16(12-15)23-22(24(29)20-14-19(32-2)10-11-21(20)33-3)25(30)26(31)28(23)18-9-5-8-17(27)13-18/h4-14,23,29H,1-3H3/b24-22+. The minimum atomic E-state index is -0.970. The molecule has 1 atom stereocenters. The highest BCUT2D eigenvalue weighted by Gasteiger charge is 2.47. The molecule has 3 aromatic rings. The van der Waals surface area contributed by atoms with Crippen LogP contribution in [0.2, 0.25) is 0 Å². The van der Waals surface area contributed by atoms with E-state index in [1.165, 1.54) is 43.4 Å². The lowest BCUT2D eigenvalue weighted by Crippen LogP contribution is -2.29. The van der Waals surface area contributed by atoms with Gasteiger partial charge in [-0.1, -0.05) is 35.9 Å². The van der Waals surface area contributed by atoms with E-state index in [0.717, 1.165) is 5.56 Å². The number of aliphatic hydroxyl groups excluding tert-OH is 1. The Bertz CT molecular complexity index is 1280. The summed E-state index contributed by atoms with van der Waals surface area (Å²) in [6.45, 7) is 1.88. The Hall–Kier alpha value is -4.13. The van der Waals surface area contributed by atoms with Crippen LogP contribution < -0.4 is 14.4 Å². The van der Waals surface area contributed by atoms with Gasteiger partial charge in [-0.15, -0.1) is 0 Å². The zero-order chi connectivity index (χ0) is 23.7. The van der Waals surface area contributed by atoms with Crippen molar-refractivity contribution in [3.8, 4) is 11.5 Å². The first-order valence-electron chi connectivity index (χ1n) is 10.2. The van der Waals surface area contributed by atoms with E-state index in [0.29, 0.717) is 17.1 Å². The van der Waals surface area contributed by atoms with Crippen LogP contribution in [0.25, 0.3) is 5.76 Å². The first-order chi connectivity index (χ1) is 15.8. The summed E-state index contributed by atoms with van der Waals surface area (Å²) < 4.78 is 24.6. The van der Waals surface area contributed by atoms with E-state index in [-0.39, 0.29) is 16.8 Å². The maximum Gasteiger partial charge on any atom is 0.300 e. The largest absolute Gasteiger partial charge is 0.507 e. The fourth-order valence-corrected chi connectivity index (χ4v) is 4.02. The van der Waals surface area contributed by atoms with Gasteiger partial charge in [-0.05, 0) is 48.9 Å². The quantitative estimate of drug-likeness (QED) is 0.346. The average molecular weight is 447 g/mol. The zero-order valence-corrected chi connectivity index (χ0v) is 18.3. The number of hydrogen-bond acceptors (Lipinski definition) is 5. The number of carbonyl (C=O) groups excluding carboxylic acids is 2. The van der Waals surface area contributed by atoms with Crippen molar-refractivity contribution in [1.82, 2.24) is 0 Å². The van der Waals surface area contributed by atoms with Crippen LogP contribution in [0.1, 0.15) is 22.7 Å². The van der Waals surface area contributed by atoms with Crippen LogP contribution in [-0.2, 0) is 9.59 Å². The number of aliphatic hydroxyl groups is 1. The van der Waals surface area contributed by atoms with Gasteiger partial charge in [0, 0.05) is 5.69 Å². The molecule has 1 aliphatic rings. The van der Waals surface area contributed by atoms with Crippen molar-refractivity contribution in [1.29, 1.82) is 0 Å². The Morgan fingerprint density at radius 3 is 2.39 bits per heavy atom. The first-order valence-corrected chi connectivity index (χ1v) is 10.2. The van der Waals surface area contributed by atoms with Gasteiger partial charge < -0.3 is 14.6 Å². The minimum Gasteiger partial charge on any atom is -0.507 e. The lowest BCUT2D eigenvalue weighted by atomic mass is 9.94. The minimum absolute atomic E-state index is 0.124. The predicted octanol–water partition coefficient (Wildman–Crippen LogP) is 4.78. The van der Waals surface area contributed by atoms with Crippen molar-refractivity contribution in [3.05, 3.63) is 94.8 Å². The van der Waals surface area contributed by atoms with Gasteiger partial charge in [-0.2, -0.15) is 0 Å². The molecule has 3 aromatic carbocycles. The SMILES string of the molecule is COc1ccc(OC)c(/C(O)=C2\C(=O)C(=O)N(c3cccc(F)c3)C2c2cccc(C)c2)c1. The van der Waals surface area contributed by atoms with E-state index < -0.39 is 29.3 Å². The third-order valence-electron chi connectivity index (χ3n) is 5.55. The Morgan fingerprint density at radius 1 is 0.970 bits per heavy atom. The van der Waals surface area contributed by atoms with E-state index in [2.05, 4.69) is 0 Å². The molecule has 1 saturated heterocycles. The Labute approximate surface area is 190 Å². The van der Waals surface area contributed by atoms with Gasteiger partial charge in [0.15, 0.2) is 0 Å². The Morgan fingerprint density at radius 2 is 1.73 bits per heavy atom. The summed E-state index contributed by atoms with van der Waals surface area (Å²) in [6, 6.07) is 16.5. The zero-order valence-electron chi connectivity index (χ0n) is 18.3. The third kappa shape index (κ3) is 3.93. The molecule has 4 rings (SSSR count). The average Bonchev–Trinajstić information content (AvgIpc) is 3.08. The topological polar surface area (TPSA) is 76.1 Å². The van der Waals surface area contributed by atoms with E-state index in [1.54, 1.807) is 30.3 Å². The van der Waals surface area contributed by atoms with E-state index in [9.17, 15) is 19.1 Å². The number of aryl methyl sites for hydroxylation is 1. The fourth-order valence-electron chi connectivity index (χ4n) is 4.02. The molecule has 0 spiro atoms. The van der Waals surface area contributed by atoms with Crippen LogP contribution >= 0.6 is 0 Å². The van der Waals surface area contributed by atoms with Crippen LogP contribution in [0.15, 0.2) is 72.3 Å².